The number of rotatable bonds is 4. The topological polar surface area (TPSA) is 41.0 Å². The van der Waals surface area contributed by atoms with Crippen molar-refractivity contribution < 1.29 is 4.39 Å². The summed E-state index contributed by atoms with van der Waals surface area (Å²) < 4.78 is 13.8. The summed E-state index contributed by atoms with van der Waals surface area (Å²) in [6, 6.07) is 5.10. The average molecular weight is 281 g/mol. The van der Waals surface area contributed by atoms with Gasteiger partial charge in [-0.3, -0.25) is 0 Å². The third-order valence-corrected chi connectivity index (χ3v) is 2.90. The molecule has 0 bridgehead atoms. The predicted molar refractivity (Wildman–Crippen MR) is 75.1 cm³/mol. The molecule has 19 heavy (non-hydrogen) atoms. The molecule has 0 atom stereocenters. The molecule has 1 N–H and O–H groups in total. The molecule has 0 aliphatic carbocycles. The van der Waals surface area contributed by atoms with Crippen LogP contribution in [0.5, 0.6) is 0 Å². The Morgan fingerprint density at radius 2 is 2.16 bits per heavy atom. The quantitative estimate of drug-likeness (QED) is 0.935. The molecule has 0 unspecified atom stereocenters. The molecule has 1 aromatic carbocycles. The van der Waals surface area contributed by atoms with E-state index in [1.807, 2.05) is 6.07 Å². The summed E-state index contributed by atoms with van der Waals surface area (Å²) in [7, 11) is 3.61. The Balaban J connectivity index is 2.08. The minimum Gasteiger partial charge on any atom is -0.375 e. The Bertz CT molecular complexity index is 574. The second-order valence-corrected chi connectivity index (χ2v) is 4.66. The highest BCUT2D eigenvalue weighted by molar-refractivity contribution is 6.32. The van der Waals surface area contributed by atoms with Crippen molar-refractivity contribution in [3.8, 4) is 0 Å². The van der Waals surface area contributed by atoms with Gasteiger partial charge in [-0.1, -0.05) is 17.7 Å². The van der Waals surface area contributed by atoms with E-state index < -0.39 is 0 Å². The first-order valence-corrected chi connectivity index (χ1v) is 6.11. The number of anilines is 2. The zero-order valence-electron chi connectivity index (χ0n) is 10.7. The first kappa shape index (κ1) is 13.5. The molecule has 6 heteroatoms. The molecule has 0 amide bonds. The third kappa shape index (κ3) is 3.32. The molecule has 100 valence electrons. The van der Waals surface area contributed by atoms with E-state index >= 15 is 0 Å². The maximum absolute atomic E-state index is 13.8. The lowest BCUT2D eigenvalue weighted by Gasteiger charge is -2.14. The van der Waals surface area contributed by atoms with Gasteiger partial charge in [0.05, 0.1) is 11.9 Å². The highest BCUT2D eigenvalue weighted by Gasteiger charge is 2.06. The minimum atomic E-state index is -0.252. The second kappa shape index (κ2) is 5.84. The van der Waals surface area contributed by atoms with Crippen LogP contribution in [0, 0.1) is 5.82 Å². The zero-order valence-corrected chi connectivity index (χ0v) is 11.4. The van der Waals surface area contributed by atoms with Gasteiger partial charge in [0.1, 0.15) is 23.0 Å². The van der Waals surface area contributed by atoms with Crippen LogP contribution < -0.4 is 10.2 Å². The number of hydrogen-bond acceptors (Lipinski definition) is 4. The fraction of sp³-hybridized carbons (Fsp3) is 0.231. The molecule has 0 aliphatic heterocycles. The van der Waals surface area contributed by atoms with Crippen LogP contribution >= 0.6 is 11.6 Å². The van der Waals surface area contributed by atoms with Gasteiger partial charge in [-0.05, 0) is 17.7 Å². The number of nitrogens with one attached hydrogen (secondary N) is 1. The van der Waals surface area contributed by atoms with Crippen molar-refractivity contribution in [1.82, 2.24) is 9.97 Å². The number of halogens is 2. The van der Waals surface area contributed by atoms with Crippen LogP contribution in [-0.4, -0.2) is 24.1 Å². The molecule has 1 aromatic heterocycles. The van der Waals surface area contributed by atoms with Gasteiger partial charge in [-0.2, -0.15) is 0 Å². The second-order valence-electron chi connectivity index (χ2n) is 4.25. The van der Waals surface area contributed by atoms with Crippen LogP contribution in [0.3, 0.4) is 0 Å². The highest BCUT2D eigenvalue weighted by atomic mass is 35.5. The Labute approximate surface area is 116 Å². The van der Waals surface area contributed by atoms with Crippen LogP contribution in [0.1, 0.15) is 5.56 Å². The number of nitrogens with zero attached hydrogens (tertiary/aromatic N) is 3. The van der Waals surface area contributed by atoms with Crippen LogP contribution in [0.4, 0.5) is 15.9 Å². The summed E-state index contributed by atoms with van der Waals surface area (Å²) in [4.78, 5) is 9.53. The van der Waals surface area contributed by atoms with Gasteiger partial charge in [0, 0.05) is 20.6 Å². The Morgan fingerprint density at radius 3 is 2.79 bits per heavy atom. The first-order chi connectivity index (χ1) is 9.08. The average Bonchev–Trinajstić information content (AvgIpc) is 2.37. The summed E-state index contributed by atoms with van der Waals surface area (Å²) in [5.41, 5.74) is 1.38. The van der Waals surface area contributed by atoms with Crippen LogP contribution in [-0.2, 0) is 6.54 Å². The van der Waals surface area contributed by atoms with Crippen LogP contribution in [0.25, 0.3) is 0 Å². The largest absolute Gasteiger partial charge is 0.375 e. The van der Waals surface area contributed by atoms with Crippen LogP contribution in [0.2, 0.25) is 5.02 Å². The lowest BCUT2D eigenvalue weighted by atomic mass is 10.2. The fourth-order valence-electron chi connectivity index (χ4n) is 1.65. The lowest BCUT2D eigenvalue weighted by molar-refractivity contribution is 0.624. The van der Waals surface area contributed by atoms with Crippen molar-refractivity contribution in [1.29, 1.82) is 0 Å². The van der Waals surface area contributed by atoms with Gasteiger partial charge in [-0.25, -0.2) is 14.4 Å². The highest BCUT2D eigenvalue weighted by Crippen LogP contribution is 2.20. The first-order valence-electron chi connectivity index (χ1n) is 5.73. The van der Waals surface area contributed by atoms with Gasteiger partial charge in [0.25, 0.3) is 0 Å². The van der Waals surface area contributed by atoms with Crippen molar-refractivity contribution in [2.75, 3.05) is 24.3 Å². The van der Waals surface area contributed by atoms with E-state index in [9.17, 15) is 4.39 Å². The molecular formula is C13H14ClFN4. The molecule has 0 aliphatic rings. The van der Waals surface area contributed by atoms with E-state index in [0.717, 1.165) is 5.56 Å². The van der Waals surface area contributed by atoms with Crippen LogP contribution in [0.15, 0.2) is 30.7 Å². The molecule has 0 spiro atoms. The zero-order chi connectivity index (χ0) is 13.8. The monoisotopic (exact) mass is 280 g/mol. The van der Waals surface area contributed by atoms with E-state index in [1.54, 1.807) is 25.1 Å². The molecule has 0 fully saturated rings. The van der Waals surface area contributed by atoms with Crippen molar-refractivity contribution in [3.05, 3.63) is 47.1 Å². The Kier molecular flexibility index (Phi) is 4.16. The molecule has 2 rings (SSSR count). The van der Waals surface area contributed by atoms with Gasteiger partial charge < -0.3 is 10.2 Å². The minimum absolute atomic E-state index is 0.252. The van der Waals surface area contributed by atoms with Gasteiger partial charge in [0.15, 0.2) is 0 Å². The van der Waals surface area contributed by atoms with Crippen molar-refractivity contribution in [2.24, 2.45) is 0 Å². The molecule has 4 nitrogen and oxygen atoms in total. The molecule has 1 heterocycles. The SMILES string of the molecule is CN(C)c1ccc(CNc2ncncc2Cl)cc1F. The smallest absolute Gasteiger partial charge is 0.148 e. The lowest BCUT2D eigenvalue weighted by Crippen LogP contribution is -2.11. The summed E-state index contributed by atoms with van der Waals surface area (Å²) in [5, 5.41) is 3.48. The van der Waals surface area contributed by atoms with Crippen molar-refractivity contribution in [3.63, 3.8) is 0 Å². The Morgan fingerprint density at radius 1 is 1.37 bits per heavy atom. The van der Waals surface area contributed by atoms with E-state index in [0.29, 0.717) is 23.1 Å². The summed E-state index contributed by atoms with van der Waals surface area (Å²) in [6.07, 6.45) is 2.91. The van der Waals surface area contributed by atoms with Crippen molar-refractivity contribution >= 4 is 23.1 Å². The van der Waals surface area contributed by atoms with E-state index in [-0.39, 0.29) is 5.82 Å². The van der Waals surface area contributed by atoms with E-state index in [2.05, 4.69) is 15.3 Å². The fourth-order valence-corrected chi connectivity index (χ4v) is 1.82. The summed E-state index contributed by atoms with van der Waals surface area (Å²) in [5.74, 6) is 0.284. The predicted octanol–water partition coefficient (Wildman–Crippen LogP) is 2.95. The van der Waals surface area contributed by atoms with Gasteiger partial charge >= 0.3 is 0 Å². The van der Waals surface area contributed by atoms with E-state index in [1.165, 1.54) is 18.6 Å². The maximum atomic E-state index is 13.8. The molecule has 0 saturated carbocycles. The molecule has 0 radical (unpaired) electrons. The summed E-state index contributed by atoms with van der Waals surface area (Å²) >= 11 is 5.92. The molecule has 0 saturated heterocycles. The van der Waals surface area contributed by atoms with Gasteiger partial charge in [0.2, 0.25) is 0 Å². The standard InChI is InChI=1S/C13H14ClFN4/c1-19(2)12-4-3-9(5-11(12)15)6-17-13-10(14)7-16-8-18-13/h3-5,7-8H,6H2,1-2H3,(H,16,17,18). The van der Waals surface area contributed by atoms with Crippen molar-refractivity contribution in [2.45, 2.75) is 6.54 Å². The molecule has 2 aromatic rings. The number of benzene rings is 1. The van der Waals surface area contributed by atoms with Gasteiger partial charge in [-0.15, -0.1) is 0 Å². The number of aromatic nitrogens is 2. The third-order valence-electron chi connectivity index (χ3n) is 2.62. The normalized spacial score (nSPS) is 10.3. The number of hydrogen-bond donors (Lipinski definition) is 1. The Hall–Kier alpha value is -1.88. The molecular weight excluding hydrogens is 267 g/mol. The summed E-state index contributed by atoms with van der Waals surface area (Å²) in [6.45, 7) is 0.446. The maximum Gasteiger partial charge on any atom is 0.148 e. The van der Waals surface area contributed by atoms with E-state index in [4.69, 9.17) is 11.6 Å².